The molecule has 0 aromatic carbocycles. The van der Waals surface area contributed by atoms with E-state index in [1.54, 1.807) is 7.11 Å². The lowest BCUT2D eigenvalue weighted by molar-refractivity contribution is -0.136. The molecule has 0 saturated carbocycles. The summed E-state index contributed by atoms with van der Waals surface area (Å²) in [4.78, 5) is 14.7. The van der Waals surface area contributed by atoms with Gasteiger partial charge in [0.25, 0.3) is 0 Å². The minimum Gasteiger partial charge on any atom is -0.384 e. The molecule has 0 aromatic heterocycles. The molecular weight excluding hydrogens is 242 g/mol. The number of nitrogens with one attached hydrogen (secondary N) is 2. The highest BCUT2D eigenvalue weighted by Gasteiger charge is 2.39. The van der Waals surface area contributed by atoms with Crippen molar-refractivity contribution in [3.05, 3.63) is 0 Å². The lowest BCUT2D eigenvalue weighted by Gasteiger charge is -2.36. The van der Waals surface area contributed by atoms with Gasteiger partial charge in [0.2, 0.25) is 5.91 Å². The molecule has 5 nitrogen and oxygen atoms in total. The number of nitrogens with zero attached hydrogens (tertiary/aromatic N) is 1. The van der Waals surface area contributed by atoms with Crippen LogP contribution in [0.5, 0.6) is 0 Å². The van der Waals surface area contributed by atoms with Crippen LogP contribution in [0.3, 0.4) is 0 Å². The summed E-state index contributed by atoms with van der Waals surface area (Å²) in [5.74, 6) is 0.155. The van der Waals surface area contributed by atoms with E-state index in [0.29, 0.717) is 6.61 Å². The summed E-state index contributed by atoms with van der Waals surface area (Å²) >= 11 is 0. The zero-order chi connectivity index (χ0) is 14.3. The number of rotatable bonds is 7. The highest BCUT2D eigenvalue weighted by molar-refractivity contribution is 5.83. The van der Waals surface area contributed by atoms with Gasteiger partial charge in [0.05, 0.1) is 12.0 Å². The van der Waals surface area contributed by atoms with E-state index in [0.717, 1.165) is 38.9 Å². The Balaban J connectivity index is 2.52. The Morgan fingerprint density at radius 3 is 2.58 bits per heavy atom. The van der Waals surface area contributed by atoms with Crippen molar-refractivity contribution in [3.8, 4) is 0 Å². The first kappa shape index (κ1) is 16.4. The van der Waals surface area contributed by atoms with Crippen LogP contribution in [0, 0.1) is 5.41 Å². The molecule has 5 heteroatoms. The standard InChI is InChI=1S/C14H29N3O2/c1-12(5-10-17(2)3)16-13(18)14(11-19-4)6-8-15-9-7-14/h12,15H,5-11H2,1-4H3,(H,16,18). The minimum atomic E-state index is -0.341. The van der Waals surface area contributed by atoms with Gasteiger partial charge in [-0.15, -0.1) is 0 Å². The molecule has 0 aromatic rings. The molecule has 1 atom stereocenters. The van der Waals surface area contributed by atoms with Crippen LogP contribution in [0.25, 0.3) is 0 Å². The second-order valence-corrected chi connectivity index (χ2v) is 5.93. The van der Waals surface area contributed by atoms with E-state index in [-0.39, 0.29) is 17.4 Å². The average Bonchev–Trinajstić information content (AvgIpc) is 2.37. The summed E-state index contributed by atoms with van der Waals surface area (Å²) in [6.07, 6.45) is 2.68. The second-order valence-electron chi connectivity index (χ2n) is 5.93. The summed E-state index contributed by atoms with van der Waals surface area (Å²) in [6.45, 7) is 5.36. The topological polar surface area (TPSA) is 53.6 Å². The van der Waals surface area contributed by atoms with Crippen LogP contribution in [0.15, 0.2) is 0 Å². The van der Waals surface area contributed by atoms with E-state index in [4.69, 9.17) is 4.74 Å². The van der Waals surface area contributed by atoms with Crippen molar-refractivity contribution in [2.24, 2.45) is 5.41 Å². The molecule has 1 saturated heterocycles. The third kappa shape index (κ3) is 5.09. The summed E-state index contributed by atoms with van der Waals surface area (Å²) in [5, 5.41) is 6.46. The molecule has 0 bridgehead atoms. The number of amides is 1. The highest BCUT2D eigenvalue weighted by Crippen LogP contribution is 2.29. The van der Waals surface area contributed by atoms with Gasteiger partial charge < -0.3 is 20.3 Å². The molecule has 1 amide bonds. The van der Waals surface area contributed by atoms with Gasteiger partial charge in [-0.05, 0) is 59.9 Å². The largest absolute Gasteiger partial charge is 0.384 e. The maximum atomic E-state index is 12.5. The zero-order valence-corrected chi connectivity index (χ0v) is 12.8. The summed E-state index contributed by atoms with van der Waals surface area (Å²) in [6, 6.07) is 0.207. The van der Waals surface area contributed by atoms with Crippen molar-refractivity contribution < 1.29 is 9.53 Å². The Morgan fingerprint density at radius 1 is 1.42 bits per heavy atom. The van der Waals surface area contributed by atoms with Gasteiger partial charge in [0.15, 0.2) is 0 Å². The lowest BCUT2D eigenvalue weighted by atomic mass is 9.78. The minimum absolute atomic E-state index is 0.155. The van der Waals surface area contributed by atoms with Crippen molar-refractivity contribution in [1.29, 1.82) is 0 Å². The van der Waals surface area contributed by atoms with Crippen LogP contribution in [0.2, 0.25) is 0 Å². The molecular formula is C14H29N3O2. The Morgan fingerprint density at radius 2 is 2.05 bits per heavy atom. The Hall–Kier alpha value is -0.650. The maximum Gasteiger partial charge on any atom is 0.228 e. The molecule has 0 radical (unpaired) electrons. The van der Waals surface area contributed by atoms with Crippen molar-refractivity contribution >= 4 is 5.91 Å². The number of ether oxygens (including phenoxy) is 1. The Bertz CT molecular complexity index is 270. The average molecular weight is 271 g/mol. The SMILES string of the molecule is COCC1(C(=O)NC(C)CCN(C)C)CCNCC1. The van der Waals surface area contributed by atoms with Crippen LogP contribution < -0.4 is 10.6 Å². The van der Waals surface area contributed by atoms with E-state index >= 15 is 0 Å². The van der Waals surface area contributed by atoms with Crippen molar-refractivity contribution in [3.63, 3.8) is 0 Å². The second kappa shape index (κ2) is 7.82. The third-order valence-corrected chi connectivity index (χ3v) is 3.85. The number of piperidine rings is 1. The number of methoxy groups -OCH3 is 1. The molecule has 0 spiro atoms. The lowest BCUT2D eigenvalue weighted by Crippen LogP contribution is -2.52. The van der Waals surface area contributed by atoms with Crippen molar-refractivity contribution in [2.75, 3.05) is 47.4 Å². The normalized spacial score (nSPS) is 20.3. The summed E-state index contributed by atoms with van der Waals surface area (Å²) in [5.41, 5.74) is -0.341. The molecule has 112 valence electrons. The van der Waals surface area contributed by atoms with Crippen LogP contribution in [-0.4, -0.2) is 64.3 Å². The van der Waals surface area contributed by atoms with Gasteiger partial charge >= 0.3 is 0 Å². The zero-order valence-electron chi connectivity index (χ0n) is 12.8. The molecule has 1 aliphatic rings. The smallest absolute Gasteiger partial charge is 0.228 e. The van der Waals surface area contributed by atoms with Crippen LogP contribution in [0.4, 0.5) is 0 Å². The van der Waals surface area contributed by atoms with Crippen molar-refractivity contribution in [2.45, 2.75) is 32.2 Å². The van der Waals surface area contributed by atoms with Crippen LogP contribution in [0.1, 0.15) is 26.2 Å². The van der Waals surface area contributed by atoms with E-state index < -0.39 is 0 Å². The molecule has 19 heavy (non-hydrogen) atoms. The molecule has 1 aliphatic heterocycles. The monoisotopic (exact) mass is 271 g/mol. The summed E-state index contributed by atoms with van der Waals surface area (Å²) < 4.78 is 5.29. The first-order valence-corrected chi connectivity index (χ1v) is 7.15. The van der Waals surface area contributed by atoms with Crippen LogP contribution >= 0.6 is 0 Å². The third-order valence-electron chi connectivity index (χ3n) is 3.85. The number of hydrogen-bond acceptors (Lipinski definition) is 4. The fourth-order valence-electron chi connectivity index (χ4n) is 2.52. The molecule has 1 heterocycles. The quantitative estimate of drug-likeness (QED) is 0.706. The number of hydrogen-bond donors (Lipinski definition) is 2. The Labute approximate surface area is 117 Å². The predicted octanol–water partition coefficient (Wildman–Crippen LogP) is 0.459. The van der Waals surface area contributed by atoms with E-state index in [1.807, 2.05) is 14.1 Å². The first-order chi connectivity index (χ1) is 9.00. The van der Waals surface area contributed by atoms with Crippen LogP contribution in [-0.2, 0) is 9.53 Å². The highest BCUT2D eigenvalue weighted by atomic mass is 16.5. The Kier molecular flexibility index (Phi) is 6.75. The molecule has 1 rings (SSSR count). The van der Waals surface area contributed by atoms with Gasteiger partial charge in [-0.1, -0.05) is 0 Å². The van der Waals surface area contributed by atoms with E-state index in [2.05, 4.69) is 22.5 Å². The van der Waals surface area contributed by atoms with Gasteiger partial charge in [-0.25, -0.2) is 0 Å². The van der Waals surface area contributed by atoms with Gasteiger partial charge in [-0.3, -0.25) is 4.79 Å². The fourth-order valence-corrected chi connectivity index (χ4v) is 2.52. The van der Waals surface area contributed by atoms with E-state index in [1.165, 1.54) is 0 Å². The van der Waals surface area contributed by atoms with Gasteiger partial charge in [0, 0.05) is 13.2 Å². The van der Waals surface area contributed by atoms with Crippen molar-refractivity contribution in [1.82, 2.24) is 15.5 Å². The molecule has 0 aliphatic carbocycles. The van der Waals surface area contributed by atoms with Gasteiger partial charge in [-0.2, -0.15) is 0 Å². The molecule has 1 unspecified atom stereocenters. The molecule has 2 N–H and O–H groups in total. The number of carbonyl (C=O) groups excluding carboxylic acids is 1. The van der Waals surface area contributed by atoms with Gasteiger partial charge in [0.1, 0.15) is 0 Å². The molecule has 1 fully saturated rings. The summed E-state index contributed by atoms with van der Waals surface area (Å²) in [7, 11) is 5.77. The van der Waals surface area contributed by atoms with E-state index in [9.17, 15) is 4.79 Å². The first-order valence-electron chi connectivity index (χ1n) is 7.15. The number of carbonyl (C=O) groups is 1. The fraction of sp³-hybridized carbons (Fsp3) is 0.929. The maximum absolute atomic E-state index is 12.5. The predicted molar refractivity (Wildman–Crippen MR) is 77.2 cm³/mol.